The molecule has 0 saturated carbocycles. The molecule has 0 fully saturated rings. The number of methoxy groups -OCH3 is 1. The van der Waals surface area contributed by atoms with Crippen LogP contribution >= 0.6 is 11.6 Å². The van der Waals surface area contributed by atoms with E-state index in [-0.39, 0.29) is 16.5 Å². The predicted molar refractivity (Wildman–Crippen MR) is 130 cm³/mol. The SMILES string of the molecule is CCc1c(-c2ccc(Cl)c(S(=O)(=O)NCCc3ccc(OC)cc3)c2)[nH]c2ccccc12. The number of halogens is 1. The largest absolute Gasteiger partial charge is 0.497 e. The summed E-state index contributed by atoms with van der Waals surface area (Å²) in [6.07, 6.45) is 1.38. The van der Waals surface area contributed by atoms with Crippen molar-refractivity contribution in [2.75, 3.05) is 13.7 Å². The third-order valence-corrected chi connectivity index (χ3v) is 7.48. The van der Waals surface area contributed by atoms with Crippen LogP contribution in [0.15, 0.2) is 71.6 Å². The van der Waals surface area contributed by atoms with E-state index in [4.69, 9.17) is 16.3 Å². The van der Waals surface area contributed by atoms with Gasteiger partial charge in [-0.25, -0.2) is 13.1 Å². The molecule has 0 aliphatic rings. The van der Waals surface area contributed by atoms with Crippen LogP contribution in [0.4, 0.5) is 0 Å². The molecule has 1 aromatic heterocycles. The molecule has 166 valence electrons. The summed E-state index contributed by atoms with van der Waals surface area (Å²) < 4.78 is 33.9. The highest BCUT2D eigenvalue weighted by Gasteiger charge is 2.20. The van der Waals surface area contributed by atoms with Crippen molar-refractivity contribution in [3.05, 3.63) is 82.9 Å². The molecule has 0 aliphatic carbocycles. The first-order chi connectivity index (χ1) is 15.4. The summed E-state index contributed by atoms with van der Waals surface area (Å²) in [6, 6.07) is 20.8. The molecule has 4 rings (SSSR count). The Kier molecular flexibility index (Phi) is 6.55. The quantitative estimate of drug-likeness (QED) is 0.354. The van der Waals surface area contributed by atoms with Gasteiger partial charge < -0.3 is 9.72 Å². The number of rotatable bonds is 8. The van der Waals surface area contributed by atoms with Gasteiger partial charge in [-0.15, -0.1) is 0 Å². The lowest BCUT2D eigenvalue weighted by molar-refractivity contribution is 0.414. The van der Waals surface area contributed by atoms with E-state index < -0.39 is 10.0 Å². The topological polar surface area (TPSA) is 71.2 Å². The van der Waals surface area contributed by atoms with E-state index in [9.17, 15) is 8.42 Å². The maximum absolute atomic E-state index is 13.0. The molecule has 5 nitrogen and oxygen atoms in total. The van der Waals surface area contributed by atoms with Crippen molar-refractivity contribution < 1.29 is 13.2 Å². The second-order valence-corrected chi connectivity index (χ2v) is 9.66. The van der Waals surface area contributed by atoms with Crippen molar-refractivity contribution in [3.63, 3.8) is 0 Å². The van der Waals surface area contributed by atoms with Crippen molar-refractivity contribution in [1.82, 2.24) is 9.71 Å². The Balaban J connectivity index is 1.59. The third kappa shape index (κ3) is 4.53. The standard InChI is InChI=1S/C25H25ClN2O3S/c1-3-20-21-6-4-5-7-23(21)28-25(20)18-10-13-22(26)24(16-18)32(29,30)27-15-14-17-8-11-19(31-2)12-9-17/h4-13,16,27-28H,3,14-15H2,1-2H3. The zero-order chi connectivity index (χ0) is 22.7. The average Bonchev–Trinajstić information content (AvgIpc) is 3.18. The molecule has 32 heavy (non-hydrogen) atoms. The number of aromatic nitrogens is 1. The summed E-state index contributed by atoms with van der Waals surface area (Å²) in [5.41, 5.74) is 4.90. The van der Waals surface area contributed by atoms with E-state index in [2.05, 4.69) is 22.7 Å². The number of hydrogen-bond acceptors (Lipinski definition) is 3. The molecule has 0 aliphatic heterocycles. The van der Waals surface area contributed by atoms with Gasteiger partial charge in [0.25, 0.3) is 0 Å². The molecule has 3 aromatic carbocycles. The van der Waals surface area contributed by atoms with Crippen LogP contribution in [0.3, 0.4) is 0 Å². The van der Waals surface area contributed by atoms with Gasteiger partial charge in [0.15, 0.2) is 0 Å². The monoisotopic (exact) mass is 468 g/mol. The van der Waals surface area contributed by atoms with E-state index in [1.165, 1.54) is 0 Å². The van der Waals surface area contributed by atoms with E-state index in [1.54, 1.807) is 19.2 Å². The molecular formula is C25H25ClN2O3S. The highest BCUT2D eigenvalue weighted by Crippen LogP contribution is 2.33. The second-order valence-electron chi connectivity index (χ2n) is 7.52. The first kappa shape index (κ1) is 22.4. The van der Waals surface area contributed by atoms with Gasteiger partial charge in [0.05, 0.1) is 12.1 Å². The van der Waals surface area contributed by atoms with Crippen molar-refractivity contribution in [1.29, 1.82) is 0 Å². The van der Waals surface area contributed by atoms with Crippen LogP contribution < -0.4 is 9.46 Å². The van der Waals surface area contributed by atoms with E-state index >= 15 is 0 Å². The number of para-hydroxylation sites is 1. The zero-order valence-electron chi connectivity index (χ0n) is 18.0. The first-order valence-corrected chi connectivity index (χ1v) is 12.3. The molecule has 1 heterocycles. The number of sulfonamides is 1. The minimum atomic E-state index is -3.77. The average molecular weight is 469 g/mol. The molecule has 0 saturated heterocycles. The van der Waals surface area contributed by atoms with Crippen LogP contribution in [0.1, 0.15) is 18.1 Å². The molecule has 0 bridgehead atoms. The first-order valence-electron chi connectivity index (χ1n) is 10.4. The summed E-state index contributed by atoms with van der Waals surface area (Å²) in [5, 5.41) is 1.34. The fourth-order valence-corrected chi connectivity index (χ4v) is 5.43. The van der Waals surface area contributed by atoms with Crippen molar-refractivity contribution in [2.45, 2.75) is 24.7 Å². The normalized spacial score (nSPS) is 11.7. The Bertz CT molecular complexity index is 1350. The Morgan fingerprint density at radius 2 is 1.78 bits per heavy atom. The maximum atomic E-state index is 13.0. The second kappa shape index (κ2) is 9.36. The minimum absolute atomic E-state index is 0.0760. The van der Waals surface area contributed by atoms with Gasteiger partial charge in [-0.1, -0.05) is 54.9 Å². The number of ether oxygens (including phenoxy) is 1. The molecule has 0 unspecified atom stereocenters. The minimum Gasteiger partial charge on any atom is -0.497 e. The van der Waals surface area contributed by atoms with E-state index in [1.807, 2.05) is 48.5 Å². The van der Waals surface area contributed by atoms with Crippen LogP contribution in [0, 0.1) is 0 Å². The molecule has 7 heteroatoms. The summed E-state index contributed by atoms with van der Waals surface area (Å²) in [4.78, 5) is 3.51. The number of H-pyrrole nitrogens is 1. The van der Waals surface area contributed by atoms with E-state index in [0.29, 0.717) is 6.42 Å². The van der Waals surface area contributed by atoms with Crippen molar-refractivity contribution in [3.8, 4) is 17.0 Å². The van der Waals surface area contributed by atoms with Crippen LogP contribution in [-0.2, 0) is 22.9 Å². The molecule has 0 amide bonds. The summed E-state index contributed by atoms with van der Waals surface area (Å²) in [7, 11) is -2.16. The maximum Gasteiger partial charge on any atom is 0.242 e. The van der Waals surface area contributed by atoms with Crippen LogP contribution in [0.25, 0.3) is 22.2 Å². The Labute approximate surface area is 193 Å². The Morgan fingerprint density at radius 3 is 2.50 bits per heavy atom. The number of hydrogen-bond donors (Lipinski definition) is 2. The van der Waals surface area contributed by atoms with Gasteiger partial charge in [-0.3, -0.25) is 0 Å². The molecule has 2 N–H and O–H groups in total. The zero-order valence-corrected chi connectivity index (χ0v) is 19.6. The number of fused-ring (bicyclic) bond motifs is 1. The summed E-state index contributed by atoms with van der Waals surface area (Å²) in [6.45, 7) is 2.36. The number of nitrogens with one attached hydrogen (secondary N) is 2. The van der Waals surface area contributed by atoms with Gasteiger partial charge in [0.1, 0.15) is 10.6 Å². The van der Waals surface area contributed by atoms with Gasteiger partial charge >= 0.3 is 0 Å². The highest BCUT2D eigenvalue weighted by molar-refractivity contribution is 7.89. The van der Waals surface area contributed by atoms with Gasteiger partial charge in [0, 0.05) is 23.1 Å². The smallest absolute Gasteiger partial charge is 0.242 e. The summed E-state index contributed by atoms with van der Waals surface area (Å²) in [5.74, 6) is 0.765. The Morgan fingerprint density at radius 1 is 1.03 bits per heavy atom. The van der Waals surface area contributed by atoms with Crippen LogP contribution in [0.2, 0.25) is 5.02 Å². The van der Waals surface area contributed by atoms with Gasteiger partial charge in [-0.05, 0) is 59.9 Å². The third-order valence-electron chi connectivity index (χ3n) is 5.54. The van der Waals surface area contributed by atoms with Gasteiger partial charge in [-0.2, -0.15) is 0 Å². The lowest BCUT2D eigenvalue weighted by Gasteiger charge is -2.11. The molecule has 0 atom stereocenters. The molecule has 4 aromatic rings. The lowest BCUT2D eigenvalue weighted by atomic mass is 10.0. The number of benzene rings is 3. The molecular weight excluding hydrogens is 444 g/mol. The fraction of sp³-hybridized carbons (Fsp3) is 0.200. The fourth-order valence-electron chi connectivity index (χ4n) is 3.88. The van der Waals surface area contributed by atoms with Crippen LogP contribution in [-0.4, -0.2) is 27.1 Å². The Hall–Kier alpha value is -2.80. The van der Waals surface area contributed by atoms with Gasteiger partial charge in [0.2, 0.25) is 10.0 Å². The molecule has 0 radical (unpaired) electrons. The molecule has 0 spiro atoms. The van der Waals surface area contributed by atoms with E-state index in [0.717, 1.165) is 45.5 Å². The number of aromatic amines is 1. The lowest BCUT2D eigenvalue weighted by Crippen LogP contribution is -2.26. The van der Waals surface area contributed by atoms with Crippen LogP contribution in [0.5, 0.6) is 5.75 Å². The van der Waals surface area contributed by atoms with Crippen molar-refractivity contribution >= 4 is 32.5 Å². The highest BCUT2D eigenvalue weighted by atomic mass is 35.5. The van der Waals surface area contributed by atoms with Crippen molar-refractivity contribution in [2.24, 2.45) is 0 Å². The predicted octanol–water partition coefficient (Wildman–Crippen LogP) is 5.58. The summed E-state index contributed by atoms with van der Waals surface area (Å²) >= 11 is 6.31. The number of aryl methyl sites for hydroxylation is 1.